The van der Waals surface area contributed by atoms with Gasteiger partial charge in [0.1, 0.15) is 0 Å². The predicted molar refractivity (Wildman–Crippen MR) is 75.0 cm³/mol. The molecule has 0 aliphatic carbocycles. The van der Waals surface area contributed by atoms with Crippen molar-refractivity contribution in [3.8, 4) is 0 Å². The number of nitrogens with two attached hydrogens (primary N) is 1. The second-order valence-corrected chi connectivity index (χ2v) is 4.35. The van der Waals surface area contributed by atoms with Gasteiger partial charge in [-0.3, -0.25) is 0 Å². The van der Waals surface area contributed by atoms with Gasteiger partial charge < -0.3 is 16.0 Å². The van der Waals surface area contributed by atoms with Crippen LogP contribution in [0.15, 0.2) is 42.7 Å². The normalized spacial score (nSPS) is 10.7. The van der Waals surface area contributed by atoms with Gasteiger partial charge in [-0.2, -0.15) is 0 Å². The highest BCUT2D eigenvalue weighted by atomic mass is 14.9. The molecule has 18 heavy (non-hydrogen) atoms. The van der Waals surface area contributed by atoms with Crippen molar-refractivity contribution in [3.05, 3.63) is 48.3 Å². The summed E-state index contributed by atoms with van der Waals surface area (Å²) >= 11 is 0. The lowest BCUT2D eigenvalue weighted by molar-refractivity contribution is 1.34. The number of hydrogen-bond donors (Lipinski definition) is 3. The van der Waals surface area contributed by atoms with Crippen molar-refractivity contribution in [3.63, 3.8) is 0 Å². The molecule has 0 atom stereocenters. The van der Waals surface area contributed by atoms with Gasteiger partial charge in [0.05, 0.1) is 28.7 Å². The van der Waals surface area contributed by atoms with Crippen LogP contribution in [0.2, 0.25) is 0 Å². The summed E-state index contributed by atoms with van der Waals surface area (Å²) in [5.74, 6) is 0. The maximum atomic E-state index is 5.98. The number of H-pyrrole nitrogens is 1. The Kier molecular flexibility index (Phi) is 2.41. The van der Waals surface area contributed by atoms with E-state index in [1.54, 1.807) is 6.33 Å². The van der Waals surface area contributed by atoms with Gasteiger partial charge in [0.15, 0.2) is 0 Å². The summed E-state index contributed by atoms with van der Waals surface area (Å²) in [5, 5.41) is 3.31. The van der Waals surface area contributed by atoms with E-state index in [0.29, 0.717) is 0 Å². The molecule has 0 radical (unpaired) electrons. The number of imidazole rings is 1. The summed E-state index contributed by atoms with van der Waals surface area (Å²) in [5.41, 5.74) is 11.7. The fourth-order valence-corrected chi connectivity index (χ4v) is 1.96. The monoisotopic (exact) mass is 238 g/mol. The third-order valence-electron chi connectivity index (χ3n) is 2.91. The highest BCUT2D eigenvalue weighted by Gasteiger charge is 2.02. The van der Waals surface area contributed by atoms with E-state index < -0.39 is 0 Å². The first kappa shape index (κ1) is 10.7. The van der Waals surface area contributed by atoms with Crippen LogP contribution in [-0.4, -0.2) is 9.97 Å². The molecule has 0 unspecified atom stereocenters. The molecule has 90 valence electrons. The van der Waals surface area contributed by atoms with Crippen molar-refractivity contribution in [2.45, 2.75) is 6.92 Å². The highest BCUT2D eigenvalue weighted by Crippen LogP contribution is 2.25. The summed E-state index contributed by atoms with van der Waals surface area (Å²) < 4.78 is 0. The summed E-state index contributed by atoms with van der Waals surface area (Å²) in [6, 6.07) is 12.0. The van der Waals surface area contributed by atoms with E-state index in [1.807, 2.05) is 43.3 Å². The molecule has 0 fully saturated rings. The van der Waals surface area contributed by atoms with Crippen molar-refractivity contribution in [1.82, 2.24) is 9.97 Å². The largest absolute Gasteiger partial charge is 0.397 e. The molecule has 0 amide bonds. The third kappa shape index (κ3) is 1.88. The van der Waals surface area contributed by atoms with Crippen LogP contribution in [0.25, 0.3) is 11.0 Å². The molecule has 3 aromatic rings. The van der Waals surface area contributed by atoms with Gasteiger partial charge >= 0.3 is 0 Å². The number of benzene rings is 2. The predicted octanol–water partition coefficient (Wildman–Crippen LogP) is 3.20. The molecule has 0 saturated carbocycles. The van der Waals surface area contributed by atoms with Crippen LogP contribution in [0, 0.1) is 6.92 Å². The van der Waals surface area contributed by atoms with Crippen LogP contribution in [-0.2, 0) is 0 Å². The van der Waals surface area contributed by atoms with Crippen molar-refractivity contribution in [2.75, 3.05) is 11.1 Å². The topological polar surface area (TPSA) is 66.7 Å². The molecule has 0 aliphatic rings. The highest BCUT2D eigenvalue weighted by molar-refractivity contribution is 5.82. The molecule has 4 heteroatoms. The Morgan fingerprint density at radius 2 is 2.06 bits per heavy atom. The third-order valence-corrected chi connectivity index (χ3v) is 2.91. The zero-order valence-electron chi connectivity index (χ0n) is 10.1. The Bertz CT molecular complexity index is 700. The van der Waals surface area contributed by atoms with E-state index in [4.69, 9.17) is 5.73 Å². The van der Waals surface area contributed by atoms with Gasteiger partial charge in [0, 0.05) is 5.69 Å². The van der Waals surface area contributed by atoms with Gasteiger partial charge in [0.25, 0.3) is 0 Å². The molecule has 4 nitrogen and oxygen atoms in total. The van der Waals surface area contributed by atoms with E-state index in [1.165, 1.54) is 0 Å². The number of aromatic nitrogens is 2. The first-order valence-corrected chi connectivity index (χ1v) is 5.79. The lowest BCUT2D eigenvalue weighted by Crippen LogP contribution is -1.96. The lowest BCUT2D eigenvalue weighted by Gasteiger charge is -2.09. The lowest BCUT2D eigenvalue weighted by atomic mass is 10.2. The molecule has 2 aromatic carbocycles. The smallest absolute Gasteiger partial charge is 0.0931 e. The molecule has 0 saturated heterocycles. The number of anilines is 3. The Hall–Kier alpha value is -2.49. The van der Waals surface area contributed by atoms with Crippen molar-refractivity contribution in [1.29, 1.82) is 0 Å². The van der Waals surface area contributed by atoms with E-state index >= 15 is 0 Å². The molecule has 0 spiro atoms. The van der Waals surface area contributed by atoms with Crippen molar-refractivity contribution in [2.24, 2.45) is 0 Å². The summed E-state index contributed by atoms with van der Waals surface area (Å²) in [7, 11) is 0. The number of fused-ring (bicyclic) bond motifs is 1. The number of rotatable bonds is 2. The molecular formula is C14H14N4. The Morgan fingerprint density at radius 3 is 2.89 bits per heavy atom. The SMILES string of the molecule is Cc1ccc(Nc2ccc3nc[nH]c3c2)c(N)c1. The Balaban J connectivity index is 1.95. The number of nitrogens with zero attached hydrogens (tertiary/aromatic N) is 1. The molecule has 0 bridgehead atoms. The summed E-state index contributed by atoms with van der Waals surface area (Å²) in [4.78, 5) is 7.28. The van der Waals surface area contributed by atoms with Gasteiger partial charge in [-0.15, -0.1) is 0 Å². The second-order valence-electron chi connectivity index (χ2n) is 4.35. The van der Waals surface area contributed by atoms with Gasteiger partial charge in [-0.1, -0.05) is 6.07 Å². The maximum Gasteiger partial charge on any atom is 0.0931 e. The number of aryl methyl sites for hydroxylation is 1. The van der Waals surface area contributed by atoms with Crippen LogP contribution in [0.5, 0.6) is 0 Å². The standard InChI is InChI=1S/C14H14N4/c1-9-2-4-12(11(15)6-9)18-10-3-5-13-14(7-10)17-8-16-13/h2-8,18H,15H2,1H3,(H,16,17). The van der Waals surface area contributed by atoms with Gasteiger partial charge in [0.2, 0.25) is 0 Å². The fourth-order valence-electron chi connectivity index (χ4n) is 1.96. The number of hydrogen-bond acceptors (Lipinski definition) is 3. The van der Waals surface area contributed by atoms with E-state index in [-0.39, 0.29) is 0 Å². The zero-order chi connectivity index (χ0) is 12.5. The number of aromatic amines is 1. The van der Waals surface area contributed by atoms with E-state index in [9.17, 15) is 0 Å². The minimum absolute atomic E-state index is 0.750. The van der Waals surface area contributed by atoms with Crippen LogP contribution in [0.3, 0.4) is 0 Å². The van der Waals surface area contributed by atoms with Crippen LogP contribution >= 0.6 is 0 Å². The molecular weight excluding hydrogens is 224 g/mol. The van der Waals surface area contributed by atoms with Crippen LogP contribution < -0.4 is 11.1 Å². The molecule has 1 aromatic heterocycles. The molecule has 1 heterocycles. The average molecular weight is 238 g/mol. The first-order valence-electron chi connectivity index (χ1n) is 5.79. The minimum Gasteiger partial charge on any atom is -0.397 e. The quantitative estimate of drug-likeness (QED) is 0.600. The van der Waals surface area contributed by atoms with Crippen LogP contribution in [0.4, 0.5) is 17.1 Å². The first-order chi connectivity index (χ1) is 8.72. The van der Waals surface area contributed by atoms with E-state index in [0.717, 1.165) is 33.7 Å². The van der Waals surface area contributed by atoms with Gasteiger partial charge in [-0.05, 0) is 42.8 Å². The molecule has 0 aliphatic heterocycles. The second kappa shape index (κ2) is 4.07. The van der Waals surface area contributed by atoms with E-state index in [2.05, 4.69) is 15.3 Å². The average Bonchev–Trinajstić information content (AvgIpc) is 2.80. The summed E-state index contributed by atoms with van der Waals surface area (Å²) in [6.07, 6.45) is 1.69. The minimum atomic E-state index is 0.750. The maximum absolute atomic E-state index is 5.98. The number of nitrogen functional groups attached to an aromatic ring is 1. The molecule has 4 N–H and O–H groups in total. The fraction of sp³-hybridized carbons (Fsp3) is 0.0714. The van der Waals surface area contributed by atoms with Crippen molar-refractivity contribution < 1.29 is 0 Å². The van der Waals surface area contributed by atoms with Crippen molar-refractivity contribution >= 4 is 28.1 Å². The zero-order valence-corrected chi connectivity index (χ0v) is 10.1. The Labute approximate surface area is 105 Å². The Morgan fingerprint density at radius 1 is 1.17 bits per heavy atom. The van der Waals surface area contributed by atoms with Gasteiger partial charge in [-0.25, -0.2) is 4.98 Å². The number of nitrogens with one attached hydrogen (secondary N) is 2. The molecule has 3 rings (SSSR count). The summed E-state index contributed by atoms with van der Waals surface area (Å²) in [6.45, 7) is 2.02. The van der Waals surface area contributed by atoms with Crippen LogP contribution in [0.1, 0.15) is 5.56 Å².